The molecule has 0 bridgehead atoms. The maximum Gasteiger partial charge on any atom is 0.328 e. The van der Waals surface area contributed by atoms with Gasteiger partial charge in [-0.25, -0.2) is 9.78 Å². The van der Waals surface area contributed by atoms with E-state index >= 15 is 0 Å². The van der Waals surface area contributed by atoms with Gasteiger partial charge in [-0.2, -0.15) is 5.26 Å². The Morgan fingerprint density at radius 1 is 1.03 bits per heavy atom. The molecule has 0 saturated heterocycles. The first kappa shape index (κ1) is 21.8. The Labute approximate surface area is 202 Å². The summed E-state index contributed by atoms with van der Waals surface area (Å²) in [7, 11) is 0. The summed E-state index contributed by atoms with van der Waals surface area (Å²) in [6.07, 6.45) is 6.16. The molecule has 166 valence electrons. The molecule has 1 aromatic heterocycles. The Kier molecular flexibility index (Phi) is 6.07. The molecule has 3 aromatic carbocycles. The Morgan fingerprint density at radius 3 is 2.44 bits per heavy atom. The number of benzene rings is 3. The number of fused-ring (bicyclic) bond motifs is 1. The topological polar surface area (TPSA) is 74.0 Å². The number of rotatable bonds is 6. The SMILES string of the molecule is N#Cc1c(/C(=C(/c2ccccc2)C2CCC2)c2ccc(/C=C/C(=O)O)cc2)ccc2scnc12. The van der Waals surface area contributed by atoms with Crippen molar-refractivity contribution in [1.29, 1.82) is 5.26 Å². The van der Waals surface area contributed by atoms with E-state index in [1.54, 1.807) is 11.6 Å². The quantitative estimate of drug-likeness (QED) is 0.247. The van der Waals surface area contributed by atoms with E-state index in [9.17, 15) is 10.1 Å². The highest BCUT2D eigenvalue weighted by molar-refractivity contribution is 7.16. The monoisotopic (exact) mass is 462 g/mol. The van der Waals surface area contributed by atoms with Gasteiger partial charge >= 0.3 is 5.97 Å². The molecule has 0 spiro atoms. The summed E-state index contributed by atoms with van der Waals surface area (Å²) in [5, 5.41) is 19.1. The van der Waals surface area contributed by atoms with Gasteiger partial charge in [-0.05, 0) is 58.7 Å². The molecule has 0 radical (unpaired) electrons. The minimum Gasteiger partial charge on any atom is -0.478 e. The van der Waals surface area contributed by atoms with Gasteiger partial charge in [0, 0.05) is 11.6 Å². The summed E-state index contributed by atoms with van der Waals surface area (Å²) in [4.78, 5) is 15.4. The first-order chi connectivity index (χ1) is 16.7. The van der Waals surface area contributed by atoms with Crippen LogP contribution in [-0.2, 0) is 4.79 Å². The van der Waals surface area contributed by atoms with Crippen LogP contribution in [0.2, 0.25) is 0 Å². The van der Waals surface area contributed by atoms with Gasteiger partial charge in [-0.3, -0.25) is 0 Å². The van der Waals surface area contributed by atoms with Crippen LogP contribution in [0.3, 0.4) is 0 Å². The number of carboxylic acid groups (broad SMARTS) is 1. The van der Waals surface area contributed by atoms with Crippen molar-refractivity contribution >= 4 is 44.7 Å². The third-order valence-electron chi connectivity index (χ3n) is 6.37. The molecule has 5 heteroatoms. The zero-order valence-corrected chi connectivity index (χ0v) is 19.3. The number of hydrogen-bond acceptors (Lipinski definition) is 4. The summed E-state index contributed by atoms with van der Waals surface area (Å²) in [5.74, 6) is -0.558. The van der Waals surface area contributed by atoms with E-state index in [1.165, 1.54) is 28.9 Å². The summed E-state index contributed by atoms with van der Waals surface area (Å²) >= 11 is 1.54. The number of carboxylic acids is 1. The standard InChI is InChI=1S/C29H22N2O2S/c30-17-24-23(14-15-25-29(24)31-18-34-25)28(22-12-9-19(10-13-22)11-16-26(32)33)27(21-7-4-8-21)20-5-2-1-3-6-20/h1-3,5-6,9-16,18,21H,4,7-8H2,(H,32,33)/b16-11+,28-27-. The predicted octanol–water partition coefficient (Wildman–Crippen LogP) is 7.02. The van der Waals surface area contributed by atoms with E-state index in [4.69, 9.17) is 5.11 Å². The molecule has 0 unspecified atom stereocenters. The van der Waals surface area contributed by atoms with Crippen molar-refractivity contribution in [2.45, 2.75) is 19.3 Å². The number of allylic oxidation sites excluding steroid dienone is 1. The van der Waals surface area contributed by atoms with E-state index in [1.807, 2.05) is 36.4 Å². The van der Waals surface area contributed by atoms with Crippen molar-refractivity contribution in [3.63, 3.8) is 0 Å². The minimum absolute atomic E-state index is 0.418. The maximum absolute atomic E-state index is 10.9. The van der Waals surface area contributed by atoms with E-state index in [0.29, 0.717) is 11.5 Å². The van der Waals surface area contributed by atoms with E-state index in [2.05, 4.69) is 41.4 Å². The lowest BCUT2D eigenvalue weighted by molar-refractivity contribution is -0.131. The van der Waals surface area contributed by atoms with Gasteiger partial charge < -0.3 is 5.11 Å². The zero-order valence-electron chi connectivity index (χ0n) is 18.4. The van der Waals surface area contributed by atoms with E-state index in [0.717, 1.165) is 51.4 Å². The third kappa shape index (κ3) is 4.16. The highest BCUT2D eigenvalue weighted by Crippen LogP contribution is 2.46. The van der Waals surface area contributed by atoms with Crippen LogP contribution in [0.25, 0.3) is 27.4 Å². The fourth-order valence-electron chi connectivity index (χ4n) is 4.54. The first-order valence-electron chi connectivity index (χ1n) is 11.2. The fourth-order valence-corrected chi connectivity index (χ4v) is 5.22. The van der Waals surface area contributed by atoms with E-state index < -0.39 is 5.97 Å². The van der Waals surface area contributed by atoms with Crippen LogP contribution in [0.5, 0.6) is 0 Å². The summed E-state index contributed by atoms with van der Waals surface area (Å²) in [6, 6.07) is 24.8. The lowest BCUT2D eigenvalue weighted by atomic mass is 9.72. The van der Waals surface area contributed by atoms with Crippen molar-refractivity contribution in [3.05, 3.63) is 106 Å². The Balaban J connectivity index is 1.78. The first-order valence-corrected chi connectivity index (χ1v) is 12.1. The normalized spacial score (nSPS) is 14.6. The molecule has 0 atom stereocenters. The molecule has 1 heterocycles. The molecular formula is C29H22N2O2S. The van der Waals surface area contributed by atoms with Crippen LogP contribution in [-0.4, -0.2) is 16.1 Å². The van der Waals surface area contributed by atoms with Crippen molar-refractivity contribution in [1.82, 2.24) is 4.98 Å². The van der Waals surface area contributed by atoms with Crippen LogP contribution < -0.4 is 0 Å². The fraction of sp³-hybridized carbons (Fsp3) is 0.138. The molecule has 0 amide bonds. The average molecular weight is 463 g/mol. The number of aliphatic carboxylic acids is 1. The van der Waals surface area contributed by atoms with Crippen molar-refractivity contribution < 1.29 is 9.90 Å². The van der Waals surface area contributed by atoms with Crippen LogP contribution in [0, 0.1) is 17.2 Å². The van der Waals surface area contributed by atoms with Gasteiger partial charge in [-0.15, -0.1) is 11.3 Å². The summed E-state index contributed by atoms with van der Waals surface area (Å²) in [5.41, 5.74) is 9.30. The van der Waals surface area contributed by atoms with Gasteiger partial charge in [-0.1, -0.05) is 67.1 Å². The molecule has 1 aliphatic rings. The van der Waals surface area contributed by atoms with Gasteiger partial charge in [0.2, 0.25) is 0 Å². The average Bonchev–Trinajstić information content (AvgIpc) is 3.31. The molecule has 1 aliphatic carbocycles. The third-order valence-corrected chi connectivity index (χ3v) is 7.16. The number of hydrogen-bond donors (Lipinski definition) is 1. The predicted molar refractivity (Wildman–Crippen MR) is 137 cm³/mol. The highest BCUT2D eigenvalue weighted by Gasteiger charge is 2.28. The molecule has 0 aliphatic heterocycles. The second-order valence-electron chi connectivity index (χ2n) is 8.38. The van der Waals surface area contributed by atoms with Crippen molar-refractivity contribution in [2.75, 3.05) is 0 Å². The van der Waals surface area contributed by atoms with Gasteiger partial charge in [0.1, 0.15) is 6.07 Å². The smallest absolute Gasteiger partial charge is 0.328 e. The van der Waals surface area contributed by atoms with Crippen LogP contribution in [0.1, 0.15) is 47.1 Å². The van der Waals surface area contributed by atoms with Gasteiger partial charge in [0.25, 0.3) is 0 Å². The lowest BCUT2D eigenvalue weighted by Crippen LogP contribution is -2.15. The van der Waals surface area contributed by atoms with E-state index in [-0.39, 0.29) is 0 Å². The van der Waals surface area contributed by atoms with Gasteiger partial charge in [0.05, 0.1) is 21.3 Å². The Hall–Kier alpha value is -4.01. The molecule has 1 saturated carbocycles. The lowest BCUT2D eigenvalue weighted by Gasteiger charge is -2.32. The largest absolute Gasteiger partial charge is 0.478 e. The van der Waals surface area contributed by atoms with Crippen molar-refractivity contribution in [2.24, 2.45) is 5.92 Å². The summed E-state index contributed by atoms with van der Waals surface area (Å²) in [6.45, 7) is 0. The molecular weight excluding hydrogens is 440 g/mol. The molecule has 34 heavy (non-hydrogen) atoms. The molecule has 1 fully saturated rings. The molecule has 5 rings (SSSR count). The minimum atomic E-state index is -0.976. The zero-order chi connectivity index (χ0) is 23.5. The van der Waals surface area contributed by atoms with Crippen LogP contribution in [0.4, 0.5) is 0 Å². The molecule has 4 aromatic rings. The number of nitrogens with zero attached hydrogens (tertiary/aromatic N) is 2. The second-order valence-corrected chi connectivity index (χ2v) is 9.26. The van der Waals surface area contributed by atoms with Crippen LogP contribution in [0.15, 0.2) is 78.3 Å². The number of thiazole rings is 1. The van der Waals surface area contributed by atoms with Crippen molar-refractivity contribution in [3.8, 4) is 6.07 Å². The number of aromatic nitrogens is 1. The Bertz CT molecular complexity index is 1450. The maximum atomic E-state index is 10.9. The highest BCUT2D eigenvalue weighted by atomic mass is 32.1. The molecule has 4 nitrogen and oxygen atoms in total. The molecule has 1 N–H and O–H groups in total. The second kappa shape index (κ2) is 9.46. The number of carbonyl (C=O) groups is 1. The van der Waals surface area contributed by atoms with Crippen LogP contribution >= 0.6 is 11.3 Å². The Morgan fingerprint density at radius 2 is 1.79 bits per heavy atom. The summed E-state index contributed by atoms with van der Waals surface area (Å²) < 4.78 is 0.999. The number of nitriles is 1. The van der Waals surface area contributed by atoms with Gasteiger partial charge in [0.15, 0.2) is 0 Å².